The third-order valence-electron chi connectivity index (χ3n) is 7.14. The van der Waals surface area contributed by atoms with E-state index in [2.05, 4.69) is 124 Å². The van der Waals surface area contributed by atoms with Crippen molar-refractivity contribution in [3.05, 3.63) is 121 Å². The van der Waals surface area contributed by atoms with Crippen LogP contribution in [0.5, 0.6) is 0 Å². The molecule has 5 aromatic carbocycles. The molecule has 0 fully saturated rings. The average molecular weight is 461 g/mol. The molecule has 0 amide bonds. The molecule has 3 heterocycles. The number of benzene rings is 5. The number of hydrogen-bond donors (Lipinski definition) is 0. The lowest BCUT2D eigenvalue weighted by Crippen LogP contribution is -2.07. The summed E-state index contributed by atoms with van der Waals surface area (Å²) in [6, 6.07) is 42.3. The summed E-state index contributed by atoms with van der Waals surface area (Å²) in [6.45, 7) is 0. The number of para-hydroxylation sites is 5. The van der Waals surface area contributed by atoms with Crippen molar-refractivity contribution in [1.29, 1.82) is 0 Å². The molecule has 8 rings (SSSR count). The first-order valence-electron chi connectivity index (χ1n) is 12.1. The molecular formula is C32H20N4. The van der Waals surface area contributed by atoms with Crippen molar-refractivity contribution >= 4 is 54.5 Å². The lowest BCUT2D eigenvalue weighted by molar-refractivity contribution is 0.972. The van der Waals surface area contributed by atoms with Crippen molar-refractivity contribution in [3.8, 4) is 11.8 Å². The predicted molar refractivity (Wildman–Crippen MR) is 148 cm³/mol. The first kappa shape index (κ1) is 19.4. The predicted octanol–water partition coefficient (Wildman–Crippen LogP) is 7.82. The van der Waals surface area contributed by atoms with Crippen LogP contribution in [0.3, 0.4) is 0 Å². The van der Waals surface area contributed by atoms with Gasteiger partial charge in [0.25, 0.3) is 0 Å². The highest BCUT2D eigenvalue weighted by Crippen LogP contribution is 2.35. The number of rotatable bonds is 2. The fraction of sp³-hybridized carbons (Fsp3) is 0. The second-order valence-electron chi connectivity index (χ2n) is 9.10. The minimum absolute atomic E-state index is 0.669. The molecule has 4 heteroatoms. The molecule has 0 saturated carbocycles. The van der Waals surface area contributed by atoms with Gasteiger partial charge in [0.2, 0.25) is 5.95 Å². The van der Waals surface area contributed by atoms with E-state index in [1.165, 1.54) is 21.5 Å². The normalized spacial score (nSPS) is 11.9. The summed E-state index contributed by atoms with van der Waals surface area (Å²) in [5.41, 5.74) is 5.39. The number of aromatic nitrogens is 4. The maximum Gasteiger partial charge on any atom is 0.237 e. The van der Waals surface area contributed by atoms with E-state index in [-0.39, 0.29) is 0 Å². The van der Waals surface area contributed by atoms with Crippen LogP contribution >= 0.6 is 0 Å². The number of fused-ring (bicyclic) bond motifs is 7. The molecule has 0 aliphatic carbocycles. The molecule has 0 saturated heterocycles. The summed E-state index contributed by atoms with van der Waals surface area (Å²) in [5, 5.41) is 5.85. The molecular weight excluding hydrogens is 440 g/mol. The second-order valence-corrected chi connectivity index (χ2v) is 9.10. The van der Waals surface area contributed by atoms with Crippen LogP contribution in [-0.2, 0) is 0 Å². The van der Waals surface area contributed by atoms with Gasteiger partial charge in [-0.2, -0.15) is 4.98 Å². The van der Waals surface area contributed by atoms with Gasteiger partial charge in [0.05, 0.1) is 27.6 Å². The van der Waals surface area contributed by atoms with Crippen molar-refractivity contribution in [2.24, 2.45) is 0 Å². The van der Waals surface area contributed by atoms with Gasteiger partial charge in [0.1, 0.15) is 0 Å². The quantitative estimate of drug-likeness (QED) is 0.264. The van der Waals surface area contributed by atoms with Crippen LogP contribution in [0.1, 0.15) is 0 Å². The summed E-state index contributed by atoms with van der Waals surface area (Å²) in [4.78, 5) is 10.4. The first-order valence-corrected chi connectivity index (χ1v) is 12.1. The molecule has 3 aromatic heterocycles. The molecule has 0 aliphatic rings. The van der Waals surface area contributed by atoms with E-state index >= 15 is 0 Å². The molecule has 0 spiro atoms. The monoisotopic (exact) mass is 460 g/mol. The summed E-state index contributed by atoms with van der Waals surface area (Å²) < 4.78 is 4.47. The van der Waals surface area contributed by atoms with Crippen LogP contribution in [0.15, 0.2) is 121 Å². The number of nitrogens with zero attached hydrogens (tertiary/aromatic N) is 4. The van der Waals surface area contributed by atoms with E-state index in [0.29, 0.717) is 5.95 Å². The van der Waals surface area contributed by atoms with Crippen molar-refractivity contribution in [2.75, 3.05) is 0 Å². The topological polar surface area (TPSA) is 35.6 Å². The Labute approximate surface area is 206 Å². The van der Waals surface area contributed by atoms with Crippen molar-refractivity contribution < 1.29 is 0 Å². The molecule has 0 bridgehead atoms. The summed E-state index contributed by atoms with van der Waals surface area (Å²) in [6.07, 6.45) is 0. The highest BCUT2D eigenvalue weighted by Gasteiger charge is 2.19. The first-order chi connectivity index (χ1) is 17.9. The third-order valence-corrected chi connectivity index (χ3v) is 7.14. The van der Waals surface area contributed by atoms with Crippen molar-refractivity contribution in [3.63, 3.8) is 0 Å². The van der Waals surface area contributed by atoms with Gasteiger partial charge in [-0.1, -0.05) is 84.9 Å². The van der Waals surface area contributed by atoms with E-state index < -0.39 is 0 Å². The minimum atomic E-state index is 0.669. The van der Waals surface area contributed by atoms with E-state index in [1.807, 2.05) is 6.07 Å². The molecule has 0 radical (unpaired) electrons. The van der Waals surface area contributed by atoms with Crippen LogP contribution < -0.4 is 0 Å². The van der Waals surface area contributed by atoms with Crippen LogP contribution in [0.25, 0.3) is 66.3 Å². The average Bonchev–Trinajstić information content (AvgIpc) is 3.46. The van der Waals surface area contributed by atoms with E-state index in [4.69, 9.17) is 9.97 Å². The van der Waals surface area contributed by atoms with Gasteiger partial charge in [-0.3, -0.25) is 9.13 Å². The van der Waals surface area contributed by atoms with E-state index in [9.17, 15) is 0 Å². The van der Waals surface area contributed by atoms with Gasteiger partial charge >= 0.3 is 0 Å². The van der Waals surface area contributed by atoms with Gasteiger partial charge < -0.3 is 0 Å². The molecule has 4 nitrogen and oxygen atoms in total. The fourth-order valence-corrected chi connectivity index (χ4v) is 5.61. The molecule has 168 valence electrons. The summed E-state index contributed by atoms with van der Waals surface area (Å²) >= 11 is 0. The zero-order chi connectivity index (χ0) is 23.6. The Kier molecular flexibility index (Phi) is 3.91. The van der Waals surface area contributed by atoms with Gasteiger partial charge in [0.15, 0.2) is 5.82 Å². The minimum Gasteiger partial charge on any atom is -0.293 e. The Morgan fingerprint density at radius 1 is 0.361 bits per heavy atom. The van der Waals surface area contributed by atoms with Crippen LogP contribution in [0.4, 0.5) is 0 Å². The Morgan fingerprint density at radius 3 is 1.25 bits per heavy atom. The highest BCUT2D eigenvalue weighted by molar-refractivity contribution is 6.11. The fourth-order valence-electron chi connectivity index (χ4n) is 5.61. The highest BCUT2D eigenvalue weighted by atomic mass is 15.2. The Hall–Kier alpha value is -4.96. The Balaban J connectivity index is 1.55. The smallest absolute Gasteiger partial charge is 0.237 e. The van der Waals surface area contributed by atoms with Crippen LogP contribution in [0, 0.1) is 0 Å². The second kappa shape index (κ2) is 7.27. The molecule has 36 heavy (non-hydrogen) atoms. The summed E-state index contributed by atoms with van der Waals surface area (Å²) in [5.74, 6) is 1.55. The lowest BCUT2D eigenvalue weighted by atomic mass is 10.2. The molecule has 8 aromatic rings. The van der Waals surface area contributed by atoms with Gasteiger partial charge in [-0.25, -0.2) is 4.98 Å². The molecule has 0 atom stereocenters. The van der Waals surface area contributed by atoms with E-state index in [0.717, 1.165) is 38.8 Å². The van der Waals surface area contributed by atoms with Gasteiger partial charge in [-0.05, 0) is 36.4 Å². The zero-order valence-electron chi connectivity index (χ0n) is 19.3. The van der Waals surface area contributed by atoms with Gasteiger partial charge in [0, 0.05) is 26.9 Å². The SMILES string of the molecule is c1ccc2c(-n3c4ccccc4c4ccccc43)nc(-n3c4ccccc4c4ccccc43)nc2c1. The van der Waals surface area contributed by atoms with Crippen LogP contribution in [0.2, 0.25) is 0 Å². The third kappa shape index (κ3) is 2.58. The standard InChI is InChI=1S/C32H20N4/c1-6-16-26-25(15-1)31(35-27-17-7-2-11-21(27)22-12-3-8-18-28(22)35)34-32(33-26)36-29-19-9-4-13-23(29)24-14-5-10-20-30(24)36/h1-20H. The maximum absolute atomic E-state index is 5.30. The van der Waals surface area contributed by atoms with Crippen molar-refractivity contribution in [1.82, 2.24) is 19.1 Å². The van der Waals surface area contributed by atoms with E-state index in [1.54, 1.807) is 0 Å². The summed E-state index contributed by atoms with van der Waals surface area (Å²) in [7, 11) is 0. The molecule has 0 N–H and O–H groups in total. The lowest BCUT2D eigenvalue weighted by Gasteiger charge is -2.14. The maximum atomic E-state index is 5.30. The molecule has 0 aliphatic heterocycles. The zero-order valence-corrected chi connectivity index (χ0v) is 19.3. The number of hydrogen-bond acceptors (Lipinski definition) is 2. The molecule has 0 unspecified atom stereocenters. The largest absolute Gasteiger partial charge is 0.293 e. The van der Waals surface area contributed by atoms with Crippen LogP contribution in [-0.4, -0.2) is 19.1 Å². The Bertz CT molecular complexity index is 2010. The Morgan fingerprint density at radius 2 is 0.750 bits per heavy atom. The van der Waals surface area contributed by atoms with Crippen molar-refractivity contribution in [2.45, 2.75) is 0 Å². The van der Waals surface area contributed by atoms with Gasteiger partial charge in [-0.15, -0.1) is 0 Å².